The van der Waals surface area contributed by atoms with E-state index < -0.39 is 0 Å². The van der Waals surface area contributed by atoms with Crippen molar-refractivity contribution in [3.8, 4) is 17.0 Å². The third-order valence-corrected chi connectivity index (χ3v) is 3.53. The van der Waals surface area contributed by atoms with Crippen molar-refractivity contribution in [2.24, 2.45) is 0 Å². The molecule has 0 bridgehead atoms. The number of rotatable bonds is 5. The van der Waals surface area contributed by atoms with E-state index in [0.29, 0.717) is 5.82 Å². The minimum Gasteiger partial charge on any atom is -0.496 e. The molecular formula is C19H18N4O2. The van der Waals surface area contributed by atoms with Crippen molar-refractivity contribution in [2.45, 2.75) is 6.92 Å². The van der Waals surface area contributed by atoms with Gasteiger partial charge in [-0.1, -0.05) is 12.1 Å². The summed E-state index contributed by atoms with van der Waals surface area (Å²) < 4.78 is 5.39. The van der Waals surface area contributed by atoms with E-state index >= 15 is 0 Å². The van der Waals surface area contributed by atoms with E-state index in [-0.39, 0.29) is 5.91 Å². The van der Waals surface area contributed by atoms with Gasteiger partial charge >= 0.3 is 0 Å². The number of para-hydroxylation sites is 1. The predicted molar refractivity (Wildman–Crippen MR) is 98.0 cm³/mol. The Morgan fingerprint density at radius 1 is 1.00 bits per heavy atom. The van der Waals surface area contributed by atoms with Crippen LogP contribution in [0.2, 0.25) is 0 Å². The number of carbonyl (C=O) groups is 1. The van der Waals surface area contributed by atoms with E-state index in [9.17, 15) is 4.79 Å². The highest BCUT2D eigenvalue weighted by Crippen LogP contribution is 2.29. The first-order chi connectivity index (χ1) is 12.2. The second-order valence-corrected chi connectivity index (χ2v) is 5.37. The highest BCUT2D eigenvalue weighted by molar-refractivity contribution is 5.88. The number of hydrogen-bond donors (Lipinski definition) is 2. The molecule has 2 N–H and O–H groups in total. The Morgan fingerprint density at radius 2 is 1.72 bits per heavy atom. The summed E-state index contributed by atoms with van der Waals surface area (Å²) in [5.74, 6) is 1.33. The number of hydrogen-bond acceptors (Lipinski definition) is 5. The van der Waals surface area contributed by atoms with Crippen molar-refractivity contribution < 1.29 is 9.53 Å². The summed E-state index contributed by atoms with van der Waals surface area (Å²) in [7, 11) is 1.63. The summed E-state index contributed by atoms with van der Waals surface area (Å²) in [5.41, 5.74) is 3.27. The molecule has 1 aromatic heterocycles. The van der Waals surface area contributed by atoms with Gasteiger partial charge in [0.25, 0.3) is 0 Å². The molecule has 0 atom stereocenters. The van der Waals surface area contributed by atoms with Crippen molar-refractivity contribution in [1.82, 2.24) is 9.97 Å². The quantitative estimate of drug-likeness (QED) is 0.741. The van der Waals surface area contributed by atoms with Crippen molar-refractivity contribution in [3.63, 3.8) is 0 Å². The maximum absolute atomic E-state index is 11.1. The lowest BCUT2D eigenvalue weighted by atomic mass is 10.1. The molecule has 3 rings (SSSR count). The van der Waals surface area contributed by atoms with Crippen LogP contribution >= 0.6 is 0 Å². The number of ether oxygens (including phenoxy) is 1. The molecule has 0 saturated carbocycles. The number of anilines is 3. The second-order valence-electron chi connectivity index (χ2n) is 5.37. The van der Waals surface area contributed by atoms with Gasteiger partial charge < -0.3 is 15.4 Å². The Labute approximate surface area is 145 Å². The Kier molecular flexibility index (Phi) is 4.89. The van der Waals surface area contributed by atoms with E-state index in [0.717, 1.165) is 28.4 Å². The molecule has 0 aliphatic heterocycles. The number of carbonyl (C=O) groups excluding carboxylic acids is 1. The molecule has 0 spiro atoms. The van der Waals surface area contributed by atoms with Gasteiger partial charge in [-0.05, 0) is 36.4 Å². The van der Waals surface area contributed by atoms with E-state index in [2.05, 4.69) is 20.6 Å². The Balaban J connectivity index is 1.81. The molecule has 0 radical (unpaired) electrons. The smallest absolute Gasteiger partial charge is 0.221 e. The van der Waals surface area contributed by atoms with E-state index in [1.165, 1.54) is 13.3 Å². The number of amides is 1. The highest BCUT2D eigenvalue weighted by Gasteiger charge is 2.08. The SMILES string of the molecule is COc1ccccc1-c1cc(Nc2ccc(NC(C)=O)cc2)ncn1. The molecule has 0 aliphatic rings. The average molecular weight is 334 g/mol. The first kappa shape index (κ1) is 16.4. The minimum absolute atomic E-state index is 0.0991. The lowest BCUT2D eigenvalue weighted by Gasteiger charge is -2.10. The van der Waals surface area contributed by atoms with Crippen molar-refractivity contribution >= 4 is 23.1 Å². The van der Waals surface area contributed by atoms with E-state index in [1.54, 1.807) is 7.11 Å². The molecular weight excluding hydrogens is 316 g/mol. The van der Waals surface area contributed by atoms with Gasteiger partial charge in [-0.15, -0.1) is 0 Å². The van der Waals surface area contributed by atoms with Crippen LogP contribution in [0.3, 0.4) is 0 Å². The van der Waals surface area contributed by atoms with E-state index in [4.69, 9.17) is 4.74 Å². The molecule has 6 nitrogen and oxygen atoms in total. The molecule has 1 amide bonds. The Hall–Kier alpha value is -3.41. The summed E-state index contributed by atoms with van der Waals surface area (Å²) >= 11 is 0. The summed E-state index contributed by atoms with van der Waals surface area (Å²) in [6, 6.07) is 17.0. The summed E-state index contributed by atoms with van der Waals surface area (Å²) in [4.78, 5) is 19.6. The number of aromatic nitrogens is 2. The molecule has 2 aromatic carbocycles. The van der Waals surface area contributed by atoms with Gasteiger partial charge in [-0.2, -0.15) is 0 Å². The van der Waals surface area contributed by atoms with Crippen LogP contribution in [0.1, 0.15) is 6.92 Å². The molecule has 0 unspecified atom stereocenters. The zero-order valence-corrected chi connectivity index (χ0v) is 14.0. The molecule has 1 heterocycles. The number of nitrogens with one attached hydrogen (secondary N) is 2. The fourth-order valence-corrected chi connectivity index (χ4v) is 2.42. The Bertz CT molecular complexity index is 879. The van der Waals surface area contributed by atoms with Gasteiger partial charge in [0, 0.05) is 29.9 Å². The number of benzene rings is 2. The standard InChI is InChI=1S/C19H18N4O2/c1-13(24)22-14-7-9-15(10-8-14)23-19-11-17(20-12-21-19)16-5-3-4-6-18(16)25-2/h3-12H,1-2H3,(H,22,24)(H,20,21,23). The zero-order valence-electron chi connectivity index (χ0n) is 14.0. The molecule has 0 saturated heterocycles. The summed E-state index contributed by atoms with van der Waals surface area (Å²) in [5, 5.41) is 5.96. The van der Waals surface area contributed by atoms with Crippen LogP contribution in [0.5, 0.6) is 5.75 Å². The van der Waals surface area contributed by atoms with Crippen LogP contribution in [0.15, 0.2) is 60.9 Å². The van der Waals surface area contributed by atoms with Gasteiger partial charge in [-0.3, -0.25) is 4.79 Å². The number of nitrogens with zero attached hydrogens (tertiary/aromatic N) is 2. The lowest BCUT2D eigenvalue weighted by molar-refractivity contribution is -0.114. The van der Waals surface area contributed by atoms with Crippen LogP contribution in [0.4, 0.5) is 17.2 Å². The average Bonchev–Trinajstić information content (AvgIpc) is 2.63. The second kappa shape index (κ2) is 7.44. The molecule has 0 aliphatic carbocycles. The first-order valence-corrected chi connectivity index (χ1v) is 7.76. The van der Waals surface area contributed by atoms with Crippen molar-refractivity contribution in [2.75, 3.05) is 17.7 Å². The minimum atomic E-state index is -0.0991. The largest absolute Gasteiger partial charge is 0.496 e. The Morgan fingerprint density at radius 3 is 2.44 bits per heavy atom. The van der Waals surface area contributed by atoms with Crippen LogP contribution in [0, 0.1) is 0 Å². The maximum atomic E-state index is 11.1. The predicted octanol–water partition coefficient (Wildman–Crippen LogP) is 3.85. The van der Waals surface area contributed by atoms with Gasteiger partial charge in [0.2, 0.25) is 5.91 Å². The third-order valence-electron chi connectivity index (χ3n) is 3.53. The topological polar surface area (TPSA) is 76.1 Å². The lowest BCUT2D eigenvalue weighted by Crippen LogP contribution is -2.05. The molecule has 126 valence electrons. The summed E-state index contributed by atoms with van der Waals surface area (Å²) in [6.45, 7) is 1.48. The highest BCUT2D eigenvalue weighted by atomic mass is 16.5. The molecule has 3 aromatic rings. The van der Waals surface area contributed by atoms with Gasteiger partial charge in [0.05, 0.1) is 12.8 Å². The fourth-order valence-electron chi connectivity index (χ4n) is 2.42. The van der Waals surface area contributed by atoms with Crippen molar-refractivity contribution in [3.05, 3.63) is 60.9 Å². The van der Waals surface area contributed by atoms with Crippen LogP contribution in [0.25, 0.3) is 11.3 Å². The zero-order chi connectivity index (χ0) is 17.6. The maximum Gasteiger partial charge on any atom is 0.221 e. The van der Waals surface area contributed by atoms with Gasteiger partial charge in [0.15, 0.2) is 0 Å². The first-order valence-electron chi connectivity index (χ1n) is 7.76. The van der Waals surface area contributed by atoms with Crippen LogP contribution < -0.4 is 15.4 Å². The van der Waals surface area contributed by atoms with Crippen LogP contribution in [-0.2, 0) is 4.79 Å². The summed E-state index contributed by atoms with van der Waals surface area (Å²) in [6.07, 6.45) is 1.51. The molecule has 25 heavy (non-hydrogen) atoms. The fraction of sp³-hybridized carbons (Fsp3) is 0.105. The molecule has 6 heteroatoms. The third kappa shape index (κ3) is 4.11. The van der Waals surface area contributed by atoms with Gasteiger partial charge in [-0.25, -0.2) is 9.97 Å². The molecule has 0 fully saturated rings. The van der Waals surface area contributed by atoms with E-state index in [1.807, 2.05) is 54.6 Å². The van der Waals surface area contributed by atoms with Crippen LogP contribution in [-0.4, -0.2) is 23.0 Å². The van der Waals surface area contributed by atoms with Gasteiger partial charge in [0.1, 0.15) is 17.9 Å². The normalized spacial score (nSPS) is 10.2. The monoisotopic (exact) mass is 334 g/mol. The van der Waals surface area contributed by atoms with Crippen molar-refractivity contribution in [1.29, 1.82) is 0 Å². The number of methoxy groups -OCH3 is 1.